The summed E-state index contributed by atoms with van der Waals surface area (Å²) >= 11 is 0. The van der Waals surface area contributed by atoms with Crippen molar-refractivity contribution in [1.82, 2.24) is 5.32 Å². The third-order valence-corrected chi connectivity index (χ3v) is 5.54. The molecule has 0 saturated carbocycles. The van der Waals surface area contributed by atoms with Crippen LogP contribution in [0.5, 0.6) is 0 Å². The number of hydrogen-bond donors (Lipinski definition) is 2. The minimum atomic E-state index is 0.0149. The number of amides is 1. The zero-order chi connectivity index (χ0) is 19.6. The van der Waals surface area contributed by atoms with Crippen molar-refractivity contribution < 1.29 is 4.79 Å². The molecular weight excluding hydrogens is 334 g/mol. The summed E-state index contributed by atoms with van der Waals surface area (Å²) in [5.74, 6) is 0.245. The van der Waals surface area contributed by atoms with Gasteiger partial charge in [0, 0.05) is 36.4 Å². The van der Waals surface area contributed by atoms with Gasteiger partial charge in [0.25, 0.3) is 0 Å². The maximum absolute atomic E-state index is 12.9. The van der Waals surface area contributed by atoms with Gasteiger partial charge in [0.05, 0.1) is 0 Å². The van der Waals surface area contributed by atoms with Gasteiger partial charge < -0.3 is 15.5 Å². The smallest absolute Gasteiger partial charge is 0.229 e. The molecule has 27 heavy (non-hydrogen) atoms. The van der Waals surface area contributed by atoms with Crippen LogP contribution in [0.4, 0.5) is 11.4 Å². The normalized spacial score (nSPS) is 16.6. The van der Waals surface area contributed by atoms with E-state index in [1.54, 1.807) is 0 Å². The van der Waals surface area contributed by atoms with Crippen LogP contribution < -0.4 is 15.5 Å². The summed E-state index contributed by atoms with van der Waals surface area (Å²) in [7, 11) is 0. The predicted molar refractivity (Wildman–Crippen MR) is 116 cm³/mol. The molecule has 0 spiro atoms. The highest BCUT2D eigenvalue weighted by Gasteiger charge is 2.21. The van der Waals surface area contributed by atoms with Crippen molar-refractivity contribution in [1.29, 1.82) is 0 Å². The highest BCUT2D eigenvalue weighted by molar-refractivity contribution is 5.95. The highest BCUT2D eigenvalue weighted by atomic mass is 16.2. The van der Waals surface area contributed by atoms with E-state index >= 15 is 0 Å². The van der Waals surface area contributed by atoms with Crippen LogP contribution in [-0.2, 0) is 11.3 Å². The number of fused-ring (bicyclic) bond motifs is 1. The first kappa shape index (κ1) is 21.7. The van der Waals surface area contributed by atoms with Crippen molar-refractivity contribution >= 4 is 17.3 Å². The van der Waals surface area contributed by atoms with Crippen molar-refractivity contribution in [2.24, 2.45) is 5.92 Å². The van der Waals surface area contributed by atoms with Gasteiger partial charge in [-0.3, -0.25) is 4.79 Å². The molecule has 1 aromatic carbocycles. The summed E-state index contributed by atoms with van der Waals surface area (Å²) in [5.41, 5.74) is 3.46. The van der Waals surface area contributed by atoms with E-state index in [1.165, 1.54) is 31.2 Å². The molecule has 0 aromatic heterocycles. The largest absolute Gasteiger partial charge is 0.382 e. The number of carbonyl (C=O) groups is 1. The molecular formula is C23H39N3O. The summed E-state index contributed by atoms with van der Waals surface area (Å²) in [6, 6.07) is 7.03. The monoisotopic (exact) mass is 373 g/mol. The number of benzene rings is 1. The summed E-state index contributed by atoms with van der Waals surface area (Å²) < 4.78 is 0. The Morgan fingerprint density at radius 3 is 2.52 bits per heavy atom. The second kappa shape index (κ2) is 11.3. The fourth-order valence-electron chi connectivity index (χ4n) is 3.74. The fraction of sp³-hybridized carbons (Fsp3) is 0.696. The number of nitrogens with one attached hydrogen (secondary N) is 2. The van der Waals surface area contributed by atoms with Gasteiger partial charge in [-0.15, -0.1) is 0 Å². The van der Waals surface area contributed by atoms with E-state index in [0.717, 1.165) is 50.3 Å². The van der Waals surface area contributed by atoms with E-state index in [2.05, 4.69) is 42.7 Å². The highest BCUT2D eigenvalue weighted by Crippen LogP contribution is 2.28. The van der Waals surface area contributed by atoms with Crippen LogP contribution in [0.3, 0.4) is 0 Å². The van der Waals surface area contributed by atoms with Crippen molar-refractivity contribution in [3.05, 3.63) is 23.8 Å². The van der Waals surface area contributed by atoms with Gasteiger partial charge >= 0.3 is 0 Å². The number of rotatable bonds is 5. The lowest BCUT2D eigenvalue weighted by Gasteiger charge is -2.28. The Kier molecular flexibility index (Phi) is 9.12. The summed E-state index contributed by atoms with van der Waals surface area (Å²) in [4.78, 5) is 15.0. The van der Waals surface area contributed by atoms with E-state index in [-0.39, 0.29) is 11.8 Å². The van der Waals surface area contributed by atoms with Crippen LogP contribution in [0.15, 0.2) is 18.2 Å². The number of nitrogens with zero attached hydrogens (tertiary/aromatic N) is 1. The molecule has 0 radical (unpaired) electrons. The molecule has 2 N–H and O–H groups in total. The minimum Gasteiger partial charge on any atom is -0.382 e. The van der Waals surface area contributed by atoms with Gasteiger partial charge in [0.1, 0.15) is 0 Å². The molecule has 152 valence electrons. The zero-order valence-electron chi connectivity index (χ0n) is 17.8. The lowest BCUT2D eigenvalue weighted by molar-refractivity contribution is -0.121. The Hall–Kier alpha value is -1.55. The number of carbonyl (C=O) groups excluding carboxylic acids is 1. The molecule has 4 nitrogen and oxygen atoms in total. The Morgan fingerprint density at radius 2 is 1.81 bits per heavy atom. The third-order valence-electron chi connectivity index (χ3n) is 5.54. The summed E-state index contributed by atoms with van der Waals surface area (Å²) in [6.45, 7) is 11.1. The van der Waals surface area contributed by atoms with Crippen molar-refractivity contribution in [2.45, 2.75) is 85.2 Å². The standard InChI is InChI=1S/C23H39N3O/c1-5-20(6-2)25-21-12-13-22-19(16-21)17-24-14-10-8-7-9-11-15-26(22)23(27)18(3)4/h12-13,16,18,20,24-25H,5-11,14-15,17H2,1-4H3. The Balaban J connectivity index is 2.33. The molecule has 1 aliphatic heterocycles. The summed E-state index contributed by atoms with van der Waals surface area (Å²) in [6.07, 6.45) is 8.28. The first-order valence-corrected chi connectivity index (χ1v) is 11.0. The molecule has 0 atom stereocenters. The lowest BCUT2D eigenvalue weighted by Crippen LogP contribution is -2.36. The summed E-state index contributed by atoms with van der Waals surface area (Å²) in [5, 5.41) is 7.24. The zero-order valence-corrected chi connectivity index (χ0v) is 17.8. The van der Waals surface area contributed by atoms with Crippen LogP contribution in [0.1, 0.15) is 78.2 Å². The van der Waals surface area contributed by atoms with Crippen molar-refractivity contribution in [3.8, 4) is 0 Å². The van der Waals surface area contributed by atoms with Gasteiger partial charge in [0.2, 0.25) is 5.91 Å². The Labute approximate surface area is 166 Å². The first-order chi connectivity index (χ1) is 13.1. The molecule has 0 fully saturated rings. The second-order valence-electron chi connectivity index (χ2n) is 8.09. The molecule has 0 aliphatic carbocycles. The van der Waals surface area contributed by atoms with Gasteiger partial charge in [-0.05, 0) is 56.0 Å². The van der Waals surface area contributed by atoms with E-state index < -0.39 is 0 Å². The van der Waals surface area contributed by atoms with Crippen LogP contribution in [0.2, 0.25) is 0 Å². The molecule has 0 saturated heterocycles. The Morgan fingerprint density at radius 1 is 1.11 bits per heavy atom. The van der Waals surface area contributed by atoms with Crippen molar-refractivity contribution in [2.75, 3.05) is 23.3 Å². The minimum absolute atomic E-state index is 0.0149. The van der Waals surface area contributed by atoms with Gasteiger partial charge in [-0.25, -0.2) is 0 Å². The molecule has 1 aromatic rings. The van der Waals surface area contributed by atoms with Crippen LogP contribution in [0, 0.1) is 5.92 Å². The van der Waals surface area contributed by atoms with Gasteiger partial charge in [-0.1, -0.05) is 47.0 Å². The Bertz CT molecular complexity index is 581. The topological polar surface area (TPSA) is 44.4 Å². The lowest BCUT2D eigenvalue weighted by atomic mass is 10.0. The van der Waals surface area contributed by atoms with E-state index in [1.807, 2.05) is 18.7 Å². The van der Waals surface area contributed by atoms with Crippen LogP contribution in [0.25, 0.3) is 0 Å². The van der Waals surface area contributed by atoms with Crippen LogP contribution in [-0.4, -0.2) is 25.0 Å². The quantitative estimate of drug-likeness (QED) is 0.733. The number of hydrogen-bond acceptors (Lipinski definition) is 3. The van der Waals surface area contributed by atoms with Crippen molar-refractivity contribution in [3.63, 3.8) is 0 Å². The maximum Gasteiger partial charge on any atom is 0.229 e. The predicted octanol–water partition coefficient (Wildman–Crippen LogP) is 5.33. The molecule has 2 rings (SSSR count). The van der Waals surface area contributed by atoms with E-state index in [4.69, 9.17) is 0 Å². The third kappa shape index (κ3) is 6.53. The maximum atomic E-state index is 12.9. The molecule has 0 bridgehead atoms. The molecule has 1 heterocycles. The van der Waals surface area contributed by atoms with E-state index in [9.17, 15) is 4.79 Å². The fourth-order valence-corrected chi connectivity index (χ4v) is 3.74. The van der Waals surface area contributed by atoms with Crippen LogP contribution >= 0.6 is 0 Å². The van der Waals surface area contributed by atoms with Gasteiger partial charge in [0.15, 0.2) is 0 Å². The van der Waals surface area contributed by atoms with Gasteiger partial charge in [-0.2, -0.15) is 0 Å². The molecule has 0 unspecified atom stereocenters. The average molecular weight is 374 g/mol. The number of anilines is 2. The average Bonchev–Trinajstić information content (AvgIpc) is 2.66. The molecule has 4 heteroatoms. The molecule has 1 aliphatic rings. The second-order valence-corrected chi connectivity index (χ2v) is 8.09. The first-order valence-electron chi connectivity index (χ1n) is 11.0. The molecule has 1 amide bonds. The SMILES string of the molecule is CCC(CC)Nc1ccc2c(c1)CNCCCCCCCN2C(=O)C(C)C. The van der Waals surface area contributed by atoms with E-state index in [0.29, 0.717) is 6.04 Å².